The van der Waals surface area contributed by atoms with Crippen LogP contribution in [0.4, 0.5) is 0 Å². The van der Waals surface area contributed by atoms with E-state index in [1.807, 2.05) is 100 Å². The van der Waals surface area contributed by atoms with E-state index in [-0.39, 0.29) is 11.8 Å². The van der Waals surface area contributed by atoms with E-state index in [4.69, 9.17) is 22.1 Å². The highest BCUT2D eigenvalue weighted by molar-refractivity contribution is 6.31. The number of benzene rings is 3. The monoisotopic (exact) mass is 492 g/mol. The first-order chi connectivity index (χ1) is 16.7. The van der Waals surface area contributed by atoms with Gasteiger partial charge in [-0.3, -0.25) is 4.79 Å². The molecule has 0 aromatic heterocycles. The number of nitrogens with one attached hydrogen (secondary N) is 1. The zero-order chi connectivity index (χ0) is 25.6. The van der Waals surface area contributed by atoms with Gasteiger partial charge in [-0.2, -0.15) is 0 Å². The second-order valence-electron chi connectivity index (χ2n) is 9.06. The first-order valence-corrected chi connectivity index (χ1v) is 12.2. The lowest BCUT2D eigenvalue weighted by atomic mass is 9.79. The van der Waals surface area contributed by atoms with Crippen LogP contribution in [0.25, 0.3) is 0 Å². The second-order valence-corrected chi connectivity index (χ2v) is 9.47. The molecule has 0 aliphatic heterocycles. The highest BCUT2D eigenvalue weighted by atomic mass is 35.5. The number of halogens is 1. The number of carbonyl (C=O) groups excluding carboxylic acids is 2. The Balaban J connectivity index is 2.21. The lowest BCUT2D eigenvalue weighted by Crippen LogP contribution is -2.52. The Hall–Kier alpha value is -3.15. The minimum atomic E-state index is -1.34. The summed E-state index contributed by atoms with van der Waals surface area (Å²) in [7, 11) is 0. The van der Waals surface area contributed by atoms with E-state index in [1.54, 1.807) is 6.07 Å². The summed E-state index contributed by atoms with van der Waals surface area (Å²) >= 11 is 6.73. The van der Waals surface area contributed by atoms with Crippen molar-refractivity contribution >= 4 is 23.5 Å². The molecule has 3 N–H and O–H groups in total. The maximum Gasteiger partial charge on any atom is 0.330 e. The molecule has 0 heterocycles. The third-order valence-corrected chi connectivity index (χ3v) is 6.47. The summed E-state index contributed by atoms with van der Waals surface area (Å²) in [6, 6.07) is 23.1. The van der Waals surface area contributed by atoms with Crippen LogP contribution in [-0.4, -0.2) is 24.0 Å². The van der Waals surface area contributed by atoms with E-state index in [2.05, 4.69) is 5.32 Å². The molecule has 3 aromatic carbocycles. The van der Waals surface area contributed by atoms with Crippen molar-refractivity contribution in [2.75, 3.05) is 0 Å². The van der Waals surface area contributed by atoms with Crippen molar-refractivity contribution in [2.45, 2.75) is 51.8 Å². The van der Waals surface area contributed by atoms with Crippen molar-refractivity contribution in [1.82, 2.24) is 5.32 Å². The van der Waals surface area contributed by atoms with Gasteiger partial charge in [0.25, 0.3) is 0 Å². The van der Waals surface area contributed by atoms with Crippen LogP contribution < -0.4 is 11.1 Å². The minimum absolute atomic E-state index is 0.228. The molecule has 184 valence electrons. The van der Waals surface area contributed by atoms with E-state index in [0.717, 1.165) is 16.7 Å². The maximum atomic E-state index is 13.8. The fourth-order valence-corrected chi connectivity index (χ4v) is 4.28. The molecule has 0 aliphatic rings. The van der Waals surface area contributed by atoms with Crippen LogP contribution in [0.2, 0.25) is 5.02 Å². The van der Waals surface area contributed by atoms with Crippen LogP contribution in [0.15, 0.2) is 78.9 Å². The average molecular weight is 493 g/mol. The summed E-state index contributed by atoms with van der Waals surface area (Å²) in [5, 5.41) is 3.26. The standard InChI is InChI=1S/C29H33ClN2O3/c1-5-25(31)27(33)32-26(19(2)3)28(34)35-29(21-11-7-6-8-12-21,22-17-15-20(4)16-18-22)23-13-9-10-14-24(23)30/h6-19,25-26H,5,31H2,1-4H3,(H,32,33)/t25-,26+,29?/m0/s1. The van der Waals surface area contributed by atoms with E-state index in [0.29, 0.717) is 17.0 Å². The number of hydrogen-bond acceptors (Lipinski definition) is 4. The number of carbonyl (C=O) groups is 2. The van der Waals surface area contributed by atoms with Crippen LogP contribution >= 0.6 is 11.6 Å². The summed E-state index contributed by atoms with van der Waals surface area (Å²) in [5.41, 5.74) is 7.77. The molecule has 0 radical (unpaired) electrons. The van der Waals surface area contributed by atoms with Gasteiger partial charge in [-0.25, -0.2) is 4.79 Å². The molecule has 0 fully saturated rings. The minimum Gasteiger partial charge on any atom is -0.443 e. The van der Waals surface area contributed by atoms with Crippen LogP contribution in [0.3, 0.4) is 0 Å². The fraction of sp³-hybridized carbons (Fsp3) is 0.310. The summed E-state index contributed by atoms with van der Waals surface area (Å²) in [5.74, 6) is -1.18. The smallest absolute Gasteiger partial charge is 0.330 e. The highest BCUT2D eigenvalue weighted by Crippen LogP contribution is 2.44. The first kappa shape index (κ1) is 26.5. The van der Waals surface area contributed by atoms with Crippen molar-refractivity contribution in [3.05, 3.63) is 106 Å². The normalized spacial score (nSPS) is 14.6. The number of esters is 1. The third-order valence-electron chi connectivity index (χ3n) is 6.14. The van der Waals surface area contributed by atoms with Gasteiger partial charge in [0.1, 0.15) is 6.04 Å². The number of hydrogen-bond donors (Lipinski definition) is 2. The van der Waals surface area contributed by atoms with Crippen LogP contribution in [0.5, 0.6) is 0 Å². The second kappa shape index (κ2) is 11.5. The number of rotatable bonds is 9. The van der Waals surface area contributed by atoms with Gasteiger partial charge in [0.05, 0.1) is 6.04 Å². The predicted molar refractivity (Wildman–Crippen MR) is 140 cm³/mol. The lowest BCUT2D eigenvalue weighted by molar-refractivity contribution is -0.158. The molecule has 0 bridgehead atoms. The van der Waals surface area contributed by atoms with Crippen molar-refractivity contribution in [3.63, 3.8) is 0 Å². The van der Waals surface area contributed by atoms with Crippen molar-refractivity contribution in [2.24, 2.45) is 11.7 Å². The van der Waals surface area contributed by atoms with E-state index < -0.39 is 23.7 Å². The first-order valence-electron chi connectivity index (χ1n) is 11.9. The number of amides is 1. The molecule has 3 rings (SSSR count). The molecule has 35 heavy (non-hydrogen) atoms. The van der Waals surface area contributed by atoms with Gasteiger partial charge in [-0.15, -0.1) is 0 Å². The summed E-state index contributed by atoms with van der Waals surface area (Å²) in [4.78, 5) is 26.4. The van der Waals surface area contributed by atoms with E-state index in [1.165, 1.54) is 0 Å². The Bertz CT molecular complexity index is 1150. The molecule has 3 atom stereocenters. The lowest BCUT2D eigenvalue weighted by Gasteiger charge is -2.37. The third kappa shape index (κ3) is 5.75. The topological polar surface area (TPSA) is 81.4 Å². The van der Waals surface area contributed by atoms with Gasteiger partial charge in [0, 0.05) is 21.7 Å². The quantitative estimate of drug-likeness (QED) is 0.311. The van der Waals surface area contributed by atoms with Gasteiger partial charge in [-0.1, -0.05) is 111 Å². The van der Waals surface area contributed by atoms with Crippen LogP contribution in [0.1, 0.15) is 49.4 Å². The molecule has 0 spiro atoms. The Morgan fingerprint density at radius 3 is 2.09 bits per heavy atom. The van der Waals surface area contributed by atoms with Gasteiger partial charge < -0.3 is 15.8 Å². The summed E-state index contributed by atoms with van der Waals surface area (Å²) in [6.07, 6.45) is 0.461. The largest absolute Gasteiger partial charge is 0.443 e. The van der Waals surface area contributed by atoms with Gasteiger partial charge in [-0.05, 0) is 25.3 Å². The molecular formula is C29H33ClN2O3. The van der Waals surface area contributed by atoms with Crippen molar-refractivity contribution < 1.29 is 14.3 Å². The zero-order valence-corrected chi connectivity index (χ0v) is 21.4. The van der Waals surface area contributed by atoms with Gasteiger partial charge >= 0.3 is 5.97 Å². The van der Waals surface area contributed by atoms with Crippen LogP contribution in [0, 0.1) is 12.8 Å². The van der Waals surface area contributed by atoms with Crippen molar-refractivity contribution in [3.8, 4) is 0 Å². The number of aryl methyl sites for hydroxylation is 1. The molecule has 1 unspecified atom stereocenters. The predicted octanol–water partition coefficient (Wildman–Crippen LogP) is 5.36. The maximum absolute atomic E-state index is 13.8. The van der Waals surface area contributed by atoms with Gasteiger partial charge in [0.2, 0.25) is 5.91 Å². The van der Waals surface area contributed by atoms with Crippen LogP contribution in [-0.2, 0) is 19.9 Å². The Morgan fingerprint density at radius 1 is 0.943 bits per heavy atom. The highest BCUT2D eigenvalue weighted by Gasteiger charge is 2.44. The molecule has 1 amide bonds. The zero-order valence-electron chi connectivity index (χ0n) is 20.6. The summed E-state index contributed by atoms with van der Waals surface area (Å²) < 4.78 is 6.48. The Labute approximate surface area is 212 Å². The summed E-state index contributed by atoms with van der Waals surface area (Å²) in [6.45, 7) is 7.53. The molecule has 0 saturated heterocycles. The molecular weight excluding hydrogens is 460 g/mol. The Morgan fingerprint density at radius 2 is 1.51 bits per heavy atom. The molecule has 3 aromatic rings. The molecule has 0 aliphatic carbocycles. The average Bonchev–Trinajstić information content (AvgIpc) is 2.86. The van der Waals surface area contributed by atoms with E-state index >= 15 is 0 Å². The molecule has 6 heteroatoms. The van der Waals surface area contributed by atoms with Crippen molar-refractivity contribution in [1.29, 1.82) is 0 Å². The van der Waals surface area contributed by atoms with Gasteiger partial charge in [0.15, 0.2) is 5.60 Å². The number of ether oxygens (including phenoxy) is 1. The molecule has 5 nitrogen and oxygen atoms in total. The molecule has 0 saturated carbocycles. The van der Waals surface area contributed by atoms with E-state index in [9.17, 15) is 9.59 Å². The fourth-order valence-electron chi connectivity index (χ4n) is 4.02. The SMILES string of the molecule is CC[C@H](N)C(=O)N[C@@H](C(=O)OC(c1ccccc1)(c1ccc(C)cc1)c1ccccc1Cl)C(C)C. The number of nitrogens with two attached hydrogens (primary N) is 1. The Kier molecular flexibility index (Phi) is 8.71.